The second-order valence-corrected chi connectivity index (χ2v) is 17.7. The van der Waals surface area contributed by atoms with E-state index in [4.69, 9.17) is 0 Å². The van der Waals surface area contributed by atoms with Crippen molar-refractivity contribution < 1.29 is 0 Å². The van der Waals surface area contributed by atoms with Gasteiger partial charge in [0.1, 0.15) is 0 Å². The Morgan fingerprint density at radius 1 is 0.362 bits per heavy atom. The lowest BCUT2D eigenvalue weighted by Gasteiger charge is -2.61. The van der Waals surface area contributed by atoms with Crippen LogP contribution in [0.15, 0.2) is 182 Å². The average Bonchev–Trinajstić information content (AvgIpc) is 3.56. The van der Waals surface area contributed by atoms with Gasteiger partial charge in [0.15, 0.2) is 0 Å². The number of para-hydroxylation sites is 3. The fourth-order valence-corrected chi connectivity index (χ4v) is 13.0. The number of fused-ring (bicyclic) bond motifs is 3. The highest BCUT2D eigenvalue weighted by Crippen LogP contribution is 2.69. The van der Waals surface area contributed by atoms with E-state index < -0.39 is 0 Å². The summed E-state index contributed by atoms with van der Waals surface area (Å²) in [4.78, 5) is 4.93. The van der Waals surface area contributed by atoms with Gasteiger partial charge < -0.3 is 9.80 Å². The van der Waals surface area contributed by atoms with Gasteiger partial charge in [0.25, 0.3) is 0 Å². The largest absolute Gasteiger partial charge is 0.310 e. The fourth-order valence-electron chi connectivity index (χ4n) is 13.0. The molecule has 0 unspecified atom stereocenters. The van der Waals surface area contributed by atoms with Gasteiger partial charge in [-0.25, -0.2) is 0 Å². The highest BCUT2D eigenvalue weighted by molar-refractivity contribution is 6.28. The summed E-state index contributed by atoms with van der Waals surface area (Å²) < 4.78 is 0. The molecule has 2 nitrogen and oxygen atoms in total. The first kappa shape index (κ1) is 32.7. The van der Waals surface area contributed by atoms with Crippen LogP contribution in [0, 0.1) is 23.7 Å². The van der Waals surface area contributed by atoms with Crippen LogP contribution in [0.1, 0.15) is 43.2 Å². The normalized spacial score (nSPS) is 22.6. The van der Waals surface area contributed by atoms with Crippen molar-refractivity contribution in [3.63, 3.8) is 0 Å². The number of anilines is 6. The molecule has 0 N–H and O–H groups in total. The van der Waals surface area contributed by atoms with E-state index in [0.29, 0.717) is 0 Å². The topological polar surface area (TPSA) is 6.48 Å². The molecule has 0 amide bonds. The van der Waals surface area contributed by atoms with E-state index in [9.17, 15) is 0 Å². The molecule has 0 atom stereocenters. The predicted molar refractivity (Wildman–Crippen MR) is 243 cm³/mol. The van der Waals surface area contributed by atoms with Crippen LogP contribution in [0.4, 0.5) is 34.1 Å². The van der Waals surface area contributed by atoms with Gasteiger partial charge in [-0.2, -0.15) is 0 Å². The third-order valence-electron chi connectivity index (χ3n) is 14.9. The van der Waals surface area contributed by atoms with Crippen LogP contribution >= 0.6 is 0 Å². The van der Waals surface area contributed by atoms with Crippen molar-refractivity contribution >= 4 is 66.4 Å². The molecule has 5 aliphatic carbocycles. The molecule has 1 spiro atoms. The van der Waals surface area contributed by atoms with Crippen molar-refractivity contribution in [1.29, 1.82) is 0 Å². The SMILES string of the molecule is c1ccc(N(c2ccccc2)c2ccc3ccc4c(N(c5ccccc5)c5ccc6c(c5)-c5ccccc5C65C6CC7CC(C6)CC5C7)ccc5ccc2c3c54)cc1. The van der Waals surface area contributed by atoms with Crippen LogP contribution in [0.3, 0.4) is 0 Å². The number of rotatable bonds is 6. The fraction of sp³-hybridized carbons (Fsp3) is 0.179. The van der Waals surface area contributed by atoms with Crippen molar-refractivity contribution in [1.82, 2.24) is 0 Å². The third-order valence-corrected chi connectivity index (χ3v) is 14.9. The second-order valence-electron chi connectivity index (χ2n) is 17.7. The summed E-state index contributed by atoms with van der Waals surface area (Å²) in [6, 6.07) is 68.3. The van der Waals surface area contributed by atoms with Crippen molar-refractivity contribution in [3.8, 4) is 11.1 Å². The van der Waals surface area contributed by atoms with Gasteiger partial charge in [-0.15, -0.1) is 0 Å². The zero-order valence-electron chi connectivity index (χ0n) is 32.6. The molecule has 278 valence electrons. The number of benzene rings is 9. The highest BCUT2D eigenvalue weighted by atomic mass is 15.1. The highest BCUT2D eigenvalue weighted by Gasteiger charge is 2.61. The molecule has 9 aromatic rings. The van der Waals surface area contributed by atoms with Crippen molar-refractivity contribution in [2.24, 2.45) is 23.7 Å². The van der Waals surface area contributed by atoms with Gasteiger partial charge in [-0.3, -0.25) is 0 Å². The molecule has 58 heavy (non-hydrogen) atoms. The Labute approximate surface area is 340 Å². The Balaban J connectivity index is 1.02. The molecular formula is C56H44N2. The van der Waals surface area contributed by atoms with Crippen LogP contribution in [0.5, 0.6) is 0 Å². The Hall–Kier alpha value is -6.38. The first-order valence-electron chi connectivity index (χ1n) is 21.4. The second kappa shape index (κ2) is 12.3. The monoisotopic (exact) mass is 744 g/mol. The van der Waals surface area contributed by atoms with Crippen LogP contribution in [0.25, 0.3) is 43.4 Å². The third kappa shape index (κ3) is 4.49. The molecule has 14 rings (SSSR count). The van der Waals surface area contributed by atoms with Gasteiger partial charge in [0.2, 0.25) is 0 Å². The van der Waals surface area contributed by atoms with Crippen LogP contribution in [-0.4, -0.2) is 0 Å². The number of hydrogen-bond donors (Lipinski definition) is 0. The molecule has 0 aromatic heterocycles. The maximum absolute atomic E-state index is 2.56. The molecule has 5 aliphatic rings. The Kier molecular flexibility index (Phi) is 6.94. The lowest BCUT2D eigenvalue weighted by Crippen LogP contribution is -2.55. The van der Waals surface area contributed by atoms with Crippen LogP contribution in [0.2, 0.25) is 0 Å². The summed E-state index contributed by atoms with van der Waals surface area (Å²) >= 11 is 0. The maximum atomic E-state index is 2.56. The predicted octanol–water partition coefficient (Wildman–Crippen LogP) is 15.2. The molecular weight excluding hydrogens is 701 g/mol. The molecule has 4 fully saturated rings. The Morgan fingerprint density at radius 2 is 0.810 bits per heavy atom. The standard InChI is InChI=1S/C56H44N2/c1-4-12-42(13-5-1)57(43-14-6-2-7-15-43)52-28-22-38-21-26-48-53(29-23-39-20-25-47(52)54(38)55(39)48)58(44-16-8-3-9-17-44)45-24-27-51-49(35-45)46-18-10-11-19-50(46)56(51)40-31-36-30-37(33-40)34-41(56)32-36/h1-29,35-37,40-41H,30-34H2. The average molecular weight is 745 g/mol. The van der Waals surface area contributed by atoms with Gasteiger partial charge in [0, 0.05) is 38.9 Å². The van der Waals surface area contributed by atoms with Gasteiger partial charge in [-0.1, -0.05) is 121 Å². The lowest BCUT2D eigenvalue weighted by atomic mass is 9.43. The van der Waals surface area contributed by atoms with E-state index in [1.54, 1.807) is 11.1 Å². The molecule has 0 radical (unpaired) electrons. The maximum Gasteiger partial charge on any atom is 0.0540 e. The van der Waals surface area contributed by atoms with Crippen molar-refractivity contribution in [3.05, 3.63) is 193 Å². The smallest absolute Gasteiger partial charge is 0.0540 e. The van der Waals surface area contributed by atoms with Crippen LogP contribution in [-0.2, 0) is 5.41 Å². The summed E-state index contributed by atoms with van der Waals surface area (Å²) in [6.07, 6.45) is 7.08. The van der Waals surface area contributed by atoms with Crippen molar-refractivity contribution in [2.75, 3.05) is 9.80 Å². The van der Waals surface area contributed by atoms with Gasteiger partial charge in [-0.05, 0) is 160 Å². The minimum Gasteiger partial charge on any atom is -0.310 e. The van der Waals surface area contributed by atoms with E-state index in [-0.39, 0.29) is 5.41 Å². The quantitative estimate of drug-likeness (QED) is 0.156. The summed E-state index contributed by atoms with van der Waals surface area (Å²) in [5.74, 6) is 3.37. The summed E-state index contributed by atoms with van der Waals surface area (Å²) in [5, 5.41) is 7.67. The zero-order chi connectivity index (χ0) is 38.0. The van der Waals surface area contributed by atoms with Crippen molar-refractivity contribution in [2.45, 2.75) is 37.5 Å². The molecule has 4 bridgehead atoms. The van der Waals surface area contributed by atoms with E-state index in [2.05, 4.69) is 192 Å². The summed E-state index contributed by atoms with van der Waals surface area (Å²) in [5.41, 5.74) is 13.4. The number of hydrogen-bond acceptors (Lipinski definition) is 2. The Bertz CT molecular complexity index is 2960. The van der Waals surface area contributed by atoms with E-state index in [0.717, 1.165) is 35.0 Å². The molecule has 0 heterocycles. The van der Waals surface area contributed by atoms with Gasteiger partial charge in [0.05, 0.1) is 11.4 Å². The van der Waals surface area contributed by atoms with Crippen LogP contribution < -0.4 is 9.80 Å². The molecule has 4 saturated carbocycles. The molecule has 2 heteroatoms. The van der Waals surface area contributed by atoms with Gasteiger partial charge >= 0.3 is 0 Å². The van der Waals surface area contributed by atoms with E-state index in [1.807, 2.05) is 0 Å². The minimum absolute atomic E-state index is 0.160. The summed E-state index contributed by atoms with van der Waals surface area (Å²) in [7, 11) is 0. The zero-order valence-corrected chi connectivity index (χ0v) is 32.6. The first-order valence-corrected chi connectivity index (χ1v) is 21.4. The Morgan fingerprint density at radius 3 is 1.34 bits per heavy atom. The molecule has 0 aliphatic heterocycles. The lowest BCUT2D eigenvalue weighted by molar-refractivity contribution is -0.0399. The van der Waals surface area contributed by atoms with E-state index >= 15 is 0 Å². The van der Waals surface area contributed by atoms with E-state index in [1.165, 1.54) is 98.3 Å². The first-order chi connectivity index (χ1) is 28.7. The number of nitrogens with zero attached hydrogens (tertiary/aromatic N) is 2. The molecule has 0 saturated heterocycles. The summed E-state index contributed by atoms with van der Waals surface area (Å²) in [6.45, 7) is 0. The minimum atomic E-state index is 0.160. The molecule has 9 aromatic carbocycles.